The van der Waals surface area contributed by atoms with Crippen LogP contribution in [0.3, 0.4) is 0 Å². The molecule has 0 radical (unpaired) electrons. The van der Waals surface area contributed by atoms with Gasteiger partial charge in [0.1, 0.15) is 11.8 Å². The van der Waals surface area contributed by atoms with Crippen LogP contribution in [0.1, 0.15) is 11.1 Å². The van der Waals surface area contributed by atoms with Crippen molar-refractivity contribution in [1.29, 1.82) is 10.5 Å². The summed E-state index contributed by atoms with van der Waals surface area (Å²) in [6.07, 6.45) is 0.108. The summed E-state index contributed by atoms with van der Waals surface area (Å²) in [5, 5.41) is 17.8. The maximum atomic E-state index is 13.5. The van der Waals surface area contributed by atoms with Crippen LogP contribution in [0.15, 0.2) is 42.5 Å². The molecule has 0 amide bonds. The standard InChI is InChI=1S/C15H9FN2O/c16-13-5-1-2-6-15(13)19-14-7-3-4-11(8-9-17)12(14)10-18/h1-7H,8H2. The van der Waals surface area contributed by atoms with E-state index in [4.69, 9.17) is 15.3 Å². The van der Waals surface area contributed by atoms with E-state index in [1.807, 2.05) is 12.1 Å². The third-order valence-corrected chi connectivity index (χ3v) is 2.55. The molecule has 2 aromatic rings. The normalized spacial score (nSPS) is 9.42. The first-order chi connectivity index (χ1) is 9.26. The lowest BCUT2D eigenvalue weighted by atomic mass is 10.1. The van der Waals surface area contributed by atoms with Crippen LogP contribution in [0.4, 0.5) is 4.39 Å². The molecule has 0 atom stereocenters. The van der Waals surface area contributed by atoms with E-state index in [0.717, 1.165) is 0 Å². The molecular weight excluding hydrogens is 243 g/mol. The molecule has 3 nitrogen and oxygen atoms in total. The Morgan fingerprint density at radius 3 is 2.42 bits per heavy atom. The van der Waals surface area contributed by atoms with E-state index in [1.54, 1.807) is 30.3 Å². The quantitative estimate of drug-likeness (QED) is 0.839. The minimum Gasteiger partial charge on any atom is -0.453 e. The molecule has 0 aliphatic rings. The van der Waals surface area contributed by atoms with Gasteiger partial charge in [-0.05, 0) is 23.8 Å². The number of benzene rings is 2. The molecule has 0 aliphatic carbocycles. The molecule has 0 spiro atoms. The highest BCUT2D eigenvalue weighted by Gasteiger charge is 2.11. The second-order valence-electron chi connectivity index (χ2n) is 3.77. The number of nitriles is 2. The van der Waals surface area contributed by atoms with E-state index in [9.17, 15) is 4.39 Å². The fourth-order valence-corrected chi connectivity index (χ4v) is 1.67. The minimum atomic E-state index is -0.503. The van der Waals surface area contributed by atoms with E-state index < -0.39 is 5.82 Å². The van der Waals surface area contributed by atoms with Crippen molar-refractivity contribution in [2.75, 3.05) is 0 Å². The summed E-state index contributed by atoms with van der Waals surface area (Å²) in [6.45, 7) is 0. The van der Waals surface area contributed by atoms with Crippen molar-refractivity contribution in [3.05, 3.63) is 59.4 Å². The number of hydrogen-bond donors (Lipinski definition) is 0. The average molecular weight is 252 g/mol. The lowest BCUT2D eigenvalue weighted by molar-refractivity contribution is 0.441. The van der Waals surface area contributed by atoms with Gasteiger partial charge in [0.25, 0.3) is 0 Å². The lowest BCUT2D eigenvalue weighted by Crippen LogP contribution is -1.95. The Kier molecular flexibility index (Phi) is 3.75. The van der Waals surface area contributed by atoms with Crippen LogP contribution in [0.2, 0.25) is 0 Å². The van der Waals surface area contributed by atoms with Gasteiger partial charge in [0, 0.05) is 0 Å². The molecule has 92 valence electrons. The number of para-hydroxylation sites is 1. The Balaban J connectivity index is 2.42. The van der Waals surface area contributed by atoms with Gasteiger partial charge in [0.15, 0.2) is 11.6 Å². The minimum absolute atomic E-state index is 0.0492. The molecule has 0 fully saturated rings. The van der Waals surface area contributed by atoms with Crippen LogP contribution < -0.4 is 4.74 Å². The first-order valence-corrected chi connectivity index (χ1v) is 5.57. The van der Waals surface area contributed by atoms with E-state index >= 15 is 0 Å². The second kappa shape index (κ2) is 5.66. The molecule has 0 unspecified atom stereocenters. The van der Waals surface area contributed by atoms with Crippen molar-refractivity contribution in [3.63, 3.8) is 0 Å². The molecule has 0 heterocycles. The predicted molar refractivity (Wildman–Crippen MR) is 66.9 cm³/mol. The molecule has 2 aromatic carbocycles. The van der Waals surface area contributed by atoms with E-state index in [0.29, 0.717) is 5.56 Å². The van der Waals surface area contributed by atoms with Gasteiger partial charge < -0.3 is 4.74 Å². The summed E-state index contributed by atoms with van der Waals surface area (Å²) in [4.78, 5) is 0. The molecule has 0 saturated carbocycles. The molecule has 0 N–H and O–H groups in total. The monoisotopic (exact) mass is 252 g/mol. The molecule has 4 heteroatoms. The van der Waals surface area contributed by atoms with Gasteiger partial charge in [-0.1, -0.05) is 24.3 Å². The Morgan fingerprint density at radius 2 is 1.74 bits per heavy atom. The van der Waals surface area contributed by atoms with Crippen LogP contribution in [0.25, 0.3) is 0 Å². The second-order valence-corrected chi connectivity index (χ2v) is 3.77. The number of hydrogen-bond acceptors (Lipinski definition) is 3. The van der Waals surface area contributed by atoms with Crippen LogP contribution in [-0.2, 0) is 6.42 Å². The molecular formula is C15H9FN2O. The lowest BCUT2D eigenvalue weighted by Gasteiger charge is -2.09. The number of nitrogens with zero attached hydrogens (tertiary/aromatic N) is 2. The number of halogens is 1. The van der Waals surface area contributed by atoms with Gasteiger partial charge >= 0.3 is 0 Å². The highest BCUT2D eigenvalue weighted by molar-refractivity contribution is 5.51. The van der Waals surface area contributed by atoms with Crippen molar-refractivity contribution in [2.24, 2.45) is 0 Å². The van der Waals surface area contributed by atoms with Crippen molar-refractivity contribution < 1.29 is 9.13 Å². The molecule has 0 saturated heterocycles. The van der Waals surface area contributed by atoms with Crippen molar-refractivity contribution >= 4 is 0 Å². The van der Waals surface area contributed by atoms with Gasteiger partial charge in [0.05, 0.1) is 18.1 Å². The van der Waals surface area contributed by atoms with Crippen molar-refractivity contribution in [1.82, 2.24) is 0 Å². The summed E-state index contributed by atoms with van der Waals surface area (Å²) in [6, 6.07) is 14.8. The van der Waals surface area contributed by atoms with Gasteiger partial charge in [-0.25, -0.2) is 4.39 Å². The summed E-state index contributed by atoms with van der Waals surface area (Å²) < 4.78 is 18.9. The summed E-state index contributed by atoms with van der Waals surface area (Å²) in [5.41, 5.74) is 0.825. The topological polar surface area (TPSA) is 56.8 Å². The van der Waals surface area contributed by atoms with Crippen LogP contribution >= 0.6 is 0 Å². The molecule has 0 aromatic heterocycles. The zero-order valence-corrected chi connectivity index (χ0v) is 9.93. The van der Waals surface area contributed by atoms with E-state index in [-0.39, 0.29) is 23.5 Å². The maximum absolute atomic E-state index is 13.5. The van der Waals surface area contributed by atoms with Crippen LogP contribution in [0.5, 0.6) is 11.5 Å². The fraction of sp³-hybridized carbons (Fsp3) is 0.0667. The zero-order chi connectivity index (χ0) is 13.7. The molecule has 0 aliphatic heterocycles. The van der Waals surface area contributed by atoms with Gasteiger partial charge in [-0.2, -0.15) is 10.5 Å². The number of rotatable bonds is 3. The highest BCUT2D eigenvalue weighted by Crippen LogP contribution is 2.28. The Morgan fingerprint density at radius 1 is 1.00 bits per heavy atom. The molecule has 19 heavy (non-hydrogen) atoms. The van der Waals surface area contributed by atoms with Crippen LogP contribution in [-0.4, -0.2) is 0 Å². The van der Waals surface area contributed by atoms with E-state index in [2.05, 4.69) is 0 Å². The highest BCUT2D eigenvalue weighted by atomic mass is 19.1. The van der Waals surface area contributed by atoms with Gasteiger partial charge in [-0.3, -0.25) is 0 Å². The first-order valence-electron chi connectivity index (χ1n) is 5.57. The van der Waals surface area contributed by atoms with Gasteiger partial charge in [0.2, 0.25) is 0 Å². The predicted octanol–water partition coefficient (Wildman–Crippen LogP) is 3.56. The maximum Gasteiger partial charge on any atom is 0.165 e. The molecule has 0 bridgehead atoms. The summed E-state index contributed by atoms with van der Waals surface area (Å²) >= 11 is 0. The zero-order valence-electron chi connectivity index (χ0n) is 9.93. The Bertz CT molecular complexity index is 683. The summed E-state index contributed by atoms with van der Waals surface area (Å²) in [7, 11) is 0. The SMILES string of the molecule is N#CCc1cccc(Oc2ccccc2F)c1C#N. The average Bonchev–Trinajstić information content (AvgIpc) is 2.42. The fourth-order valence-electron chi connectivity index (χ4n) is 1.67. The Hall–Kier alpha value is -2.85. The summed E-state index contributed by atoms with van der Waals surface area (Å²) in [5.74, 6) is -0.203. The van der Waals surface area contributed by atoms with Crippen molar-refractivity contribution in [2.45, 2.75) is 6.42 Å². The molecule has 2 rings (SSSR count). The van der Waals surface area contributed by atoms with Crippen LogP contribution in [0, 0.1) is 28.5 Å². The Labute approximate surface area is 110 Å². The smallest absolute Gasteiger partial charge is 0.165 e. The number of ether oxygens (including phenoxy) is 1. The van der Waals surface area contributed by atoms with E-state index in [1.165, 1.54) is 12.1 Å². The first kappa shape index (κ1) is 12.6. The largest absolute Gasteiger partial charge is 0.453 e. The van der Waals surface area contributed by atoms with Crippen molar-refractivity contribution in [3.8, 4) is 23.6 Å². The third kappa shape index (κ3) is 2.70. The van der Waals surface area contributed by atoms with Gasteiger partial charge in [-0.15, -0.1) is 0 Å². The third-order valence-electron chi connectivity index (χ3n) is 2.55.